The summed E-state index contributed by atoms with van der Waals surface area (Å²) in [5.41, 5.74) is 9.06. The number of furan rings is 1. The Balaban J connectivity index is 1.27. The van der Waals surface area contributed by atoms with Gasteiger partial charge in [0, 0.05) is 27.5 Å². The van der Waals surface area contributed by atoms with Gasteiger partial charge in [0.2, 0.25) is 0 Å². The van der Waals surface area contributed by atoms with Crippen LogP contribution in [0.3, 0.4) is 0 Å². The lowest BCUT2D eigenvalue weighted by atomic mass is 9.96. The van der Waals surface area contributed by atoms with E-state index in [1.54, 1.807) is 0 Å². The molecule has 0 aliphatic carbocycles. The third kappa shape index (κ3) is 4.65. The van der Waals surface area contributed by atoms with Crippen molar-refractivity contribution in [2.24, 2.45) is 0 Å². The molecule has 4 heteroatoms. The van der Waals surface area contributed by atoms with Crippen LogP contribution in [0.5, 0.6) is 0 Å². The van der Waals surface area contributed by atoms with E-state index in [1.807, 2.05) is 78.9 Å². The molecule has 2 heterocycles. The fourth-order valence-corrected chi connectivity index (χ4v) is 5.64. The Hall–Kier alpha value is -5.87. The predicted octanol–water partition coefficient (Wildman–Crippen LogP) is 10.1. The van der Waals surface area contributed by atoms with E-state index in [4.69, 9.17) is 19.4 Å². The number of fused-ring (bicyclic) bond motifs is 3. The van der Waals surface area contributed by atoms with Gasteiger partial charge in [-0.1, -0.05) is 127 Å². The smallest absolute Gasteiger partial charge is 0.164 e. The summed E-state index contributed by atoms with van der Waals surface area (Å²) in [5, 5.41) is 2.15. The van der Waals surface area contributed by atoms with Gasteiger partial charge in [-0.3, -0.25) is 0 Å². The zero-order valence-corrected chi connectivity index (χ0v) is 23.2. The summed E-state index contributed by atoms with van der Waals surface area (Å²) in [6.07, 6.45) is 0. The number of aromatic nitrogens is 3. The van der Waals surface area contributed by atoms with E-state index in [0.717, 1.165) is 49.8 Å². The summed E-state index contributed by atoms with van der Waals surface area (Å²) in [7, 11) is 0. The van der Waals surface area contributed by atoms with Crippen LogP contribution in [0.4, 0.5) is 0 Å². The molecule has 202 valence electrons. The molecule has 0 radical (unpaired) electrons. The maximum Gasteiger partial charge on any atom is 0.164 e. The zero-order chi connectivity index (χ0) is 28.6. The molecule has 0 spiro atoms. The fraction of sp³-hybridized carbons (Fsp3) is 0. The Bertz CT molecular complexity index is 2170. The van der Waals surface area contributed by atoms with E-state index in [9.17, 15) is 0 Å². The Morgan fingerprint density at radius 1 is 0.349 bits per heavy atom. The van der Waals surface area contributed by atoms with Crippen LogP contribution >= 0.6 is 0 Å². The molecule has 0 saturated carbocycles. The number of benzene rings is 6. The van der Waals surface area contributed by atoms with Crippen LogP contribution in [0.25, 0.3) is 78.4 Å². The van der Waals surface area contributed by atoms with Gasteiger partial charge in [-0.25, -0.2) is 15.0 Å². The molecule has 8 rings (SSSR count). The highest BCUT2D eigenvalue weighted by Crippen LogP contribution is 2.39. The molecule has 0 saturated heterocycles. The average Bonchev–Trinajstić information content (AvgIpc) is 3.47. The highest BCUT2D eigenvalue weighted by atomic mass is 16.3. The van der Waals surface area contributed by atoms with E-state index in [2.05, 4.69) is 72.8 Å². The first-order valence-electron chi connectivity index (χ1n) is 14.3. The van der Waals surface area contributed by atoms with Gasteiger partial charge in [-0.2, -0.15) is 0 Å². The van der Waals surface area contributed by atoms with Crippen LogP contribution in [0.15, 0.2) is 156 Å². The van der Waals surface area contributed by atoms with Crippen molar-refractivity contribution in [2.75, 3.05) is 0 Å². The van der Waals surface area contributed by atoms with Gasteiger partial charge in [0.25, 0.3) is 0 Å². The van der Waals surface area contributed by atoms with Gasteiger partial charge in [-0.05, 0) is 46.5 Å². The monoisotopic (exact) mass is 551 g/mol. The molecule has 0 aliphatic rings. The Morgan fingerprint density at radius 3 is 1.53 bits per heavy atom. The van der Waals surface area contributed by atoms with Crippen LogP contribution in [0, 0.1) is 0 Å². The van der Waals surface area contributed by atoms with Crippen LogP contribution in [-0.2, 0) is 0 Å². The number of hydrogen-bond donors (Lipinski definition) is 0. The molecule has 0 amide bonds. The largest absolute Gasteiger partial charge is 0.456 e. The quantitative estimate of drug-likeness (QED) is 0.214. The van der Waals surface area contributed by atoms with Gasteiger partial charge in [0.1, 0.15) is 11.2 Å². The lowest BCUT2D eigenvalue weighted by Gasteiger charge is -2.09. The highest BCUT2D eigenvalue weighted by Gasteiger charge is 2.16. The summed E-state index contributed by atoms with van der Waals surface area (Å²) < 4.78 is 6.45. The number of nitrogens with zero attached hydrogens (tertiary/aromatic N) is 3. The van der Waals surface area contributed by atoms with Crippen molar-refractivity contribution in [3.05, 3.63) is 152 Å². The predicted molar refractivity (Wildman–Crippen MR) is 174 cm³/mol. The Labute approximate surface area is 249 Å². The van der Waals surface area contributed by atoms with Gasteiger partial charge < -0.3 is 4.42 Å². The van der Waals surface area contributed by atoms with Crippen molar-refractivity contribution < 1.29 is 4.42 Å². The molecule has 4 nitrogen and oxygen atoms in total. The Morgan fingerprint density at radius 2 is 0.884 bits per heavy atom. The van der Waals surface area contributed by atoms with E-state index < -0.39 is 0 Å². The topological polar surface area (TPSA) is 51.8 Å². The lowest BCUT2D eigenvalue weighted by molar-refractivity contribution is 0.669. The SMILES string of the molecule is c1ccc(-c2cccc(-c3cccc4oc5cc(-c6nc(-c7ccccc7)nc(-c7ccccc7)n6)ccc5c34)c2)cc1. The number of hydrogen-bond acceptors (Lipinski definition) is 4. The first-order valence-corrected chi connectivity index (χ1v) is 14.3. The molecule has 0 aliphatic heterocycles. The lowest BCUT2D eigenvalue weighted by Crippen LogP contribution is -2.00. The molecule has 2 aromatic heterocycles. The number of rotatable bonds is 5. The molecule has 0 unspecified atom stereocenters. The van der Waals surface area contributed by atoms with Gasteiger partial charge in [-0.15, -0.1) is 0 Å². The van der Waals surface area contributed by atoms with E-state index in [-0.39, 0.29) is 0 Å². The maximum absolute atomic E-state index is 6.45. The molecule has 0 atom stereocenters. The van der Waals surface area contributed by atoms with Crippen LogP contribution in [-0.4, -0.2) is 15.0 Å². The minimum absolute atomic E-state index is 0.603. The second-order valence-corrected chi connectivity index (χ2v) is 10.5. The summed E-state index contributed by atoms with van der Waals surface area (Å²) in [6.45, 7) is 0. The van der Waals surface area contributed by atoms with Crippen molar-refractivity contribution in [1.82, 2.24) is 15.0 Å². The summed E-state index contributed by atoms with van der Waals surface area (Å²) in [6, 6.07) is 51.7. The van der Waals surface area contributed by atoms with Gasteiger partial charge in [0.15, 0.2) is 17.5 Å². The minimum Gasteiger partial charge on any atom is -0.456 e. The standard InChI is InChI=1S/C39H25N3O/c1-4-12-26(13-5-1)29-18-10-19-30(24-29)32-20-11-21-34-36(32)33-23-22-31(25-35(33)43-34)39-41-37(27-14-6-2-7-15-27)40-38(42-39)28-16-8-3-9-17-28/h1-25H. The normalized spacial score (nSPS) is 11.3. The second kappa shape index (κ2) is 10.5. The molecular weight excluding hydrogens is 526 g/mol. The average molecular weight is 552 g/mol. The van der Waals surface area contributed by atoms with Gasteiger partial charge >= 0.3 is 0 Å². The fourth-order valence-electron chi connectivity index (χ4n) is 5.64. The van der Waals surface area contributed by atoms with Crippen molar-refractivity contribution in [2.45, 2.75) is 0 Å². The summed E-state index contributed by atoms with van der Waals surface area (Å²) in [5.74, 6) is 1.87. The first kappa shape index (κ1) is 24.9. The molecule has 6 aromatic carbocycles. The van der Waals surface area contributed by atoms with Gasteiger partial charge in [0.05, 0.1) is 0 Å². The highest BCUT2D eigenvalue weighted by molar-refractivity contribution is 6.13. The molecular formula is C39H25N3O. The molecule has 8 aromatic rings. The van der Waals surface area contributed by atoms with Crippen LogP contribution < -0.4 is 0 Å². The second-order valence-electron chi connectivity index (χ2n) is 10.5. The van der Waals surface area contributed by atoms with E-state index >= 15 is 0 Å². The molecule has 43 heavy (non-hydrogen) atoms. The summed E-state index contributed by atoms with van der Waals surface area (Å²) in [4.78, 5) is 14.6. The Kier molecular flexibility index (Phi) is 6.08. The van der Waals surface area contributed by atoms with Crippen molar-refractivity contribution >= 4 is 21.9 Å². The van der Waals surface area contributed by atoms with Crippen LogP contribution in [0.1, 0.15) is 0 Å². The van der Waals surface area contributed by atoms with Crippen molar-refractivity contribution in [3.8, 4) is 56.4 Å². The van der Waals surface area contributed by atoms with Crippen molar-refractivity contribution in [3.63, 3.8) is 0 Å². The zero-order valence-electron chi connectivity index (χ0n) is 23.2. The molecule has 0 bridgehead atoms. The maximum atomic E-state index is 6.45. The molecule has 0 fully saturated rings. The first-order chi connectivity index (χ1) is 21.3. The third-order valence-electron chi connectivity index (χ3n) is 7.74. The summed E-state index contributed by atoms with van der Waals surface area (Å²) >= 11 is 0. The molecule has 0 N–H and O–H groups in total. The van der Waals surface area contributed by atoms with Crippen LogP contribution in [0.2, 0.25) is 0 Å². The third-order valence-corrected chi connectivity index (χ3v) is 7.74. The van der Waals surface area contributed by atoms with E-state index in [1.165, 1.54) is 11.1 Å². The van der Waals surface area contributed by atoms with E-state index in [0.29, 0.717) is 17.5 Å². The minimum atomic E-state index is 0.603. The van der Waals surface area contributed by atoms with Crippen molar-refractivity contribution in [1.29, 1.82) is 0 Å².